The molecule has 0 aliphatic heterocycles. The molecule has 7 heteroatoms. The summed E-state index contributed by atoms with van der Waals surface area (Å²) < 4.78 is 3.26. The van der Waals surface area contributed by atoms with Gasteiger partial charge in [0, 0.05) is 11.8 Å². The Morgan fingerprint density at radius 3 is 2.23 bits per heavy atom. The smallest absolute Gasteiger partial charge is 0.287 e. The SMILES string of the molecule is CC(Nc1cnn(Cc2ccccc2)c(=O)c1Cl)c1cnn(Cc2ccccc2)c1. The molecule has 1 N–H and O–H groups in total. The van der Waals surface area contributed by atoms with E-state index in [0.717, 1.165) is 11.1 Å². The third kappa shape index (κ3) is 4.60. The third-order valence-corrected chi connectivity index (χ3v) is 5.24. The number of hydrogen-bond acceptors (Lipinski definition) is 4. The molecule has 0 amide bonds. The molecule has 0 saturated carbocycles. The second-order valence-electron chi connectivity index (χ2n) is 7.14. The number of anilines is 1. The van der Waals surface area contributed by atoms with E-state index in [2.05, 4.69) is 27.6 Å². The van der Waals surface area contributed by atoms with Gasteiger partial charge >= 0.3 is 0 Å². The largest absolute Gasteiger partial charge is 0.376 e. The minimum absolute atomic E-state index is 0.0850. The molecule has 0 spiro atoms. The highest BCUT2D eigenvalue weighted by Crippen LogP contribution is 2.23. The Balaban J connectivity index is 1.46. The highest BCUT2D eigenvalue weighted by Gasteiger charge is 2.14. The predicted molar refractivity (Wildman–Crippen MR) is 119 cm³/mol. The van der Waals surface area contributed by atoms with Gasteiger partial charge in [0.15, 0.2) is 0 Å². The summed E-state index contributed by atoms with van der Waals surface area (Å²) in [5.74, 6) is 0. The van der Waals surface area contributed by atoms with Crippen molar-refractivity contribution in [2.45, 2.75) is 26.1 Å². The van der Waals surface area contributed by atoms with Crippen LogP contribution in [-0.4, -0.2) is 19.6 Å². The van der Waals surface area contributed by atoms with E-state index in [1.165, 1.54) is 10.2 Å². The van der Waals surface area contributed by atoms with Gasteiger partial charge in [-0.3, -0.25) is 9.48 Å². The van der Waals surface area contributed by atoms with Crippen molar-refractivity contribution in [3.63, 3.8) is 0 Å². The first-order valence-electron chi connectivity index (χ1n) is 9.72. The maximum atomic E-state index is 12.6. The van der Waals surface area contributed by atoms with Gasteiger partial charge in [0.2, 0.25) is 0 Å². The Bertz CT molecular complexity index is 1170. The summed E-state index contributed by atoms with van der Waals surface area (Å²) >= 11 is 6.35. The van der Waals surface area contributed by atoms with Crippen LogP contribution < -0.4 is 10.9 Å². The maximum Gasteiger partial charge on any atom is 0.287 e. The molecule has 2 aromatic heterocycles. The molecule has 0 bridgehead atoms. The van der Waals surface area contributed by atoms with Crippen LogP contribution in [-0.2, 0) is 13.1 Å². The fourth-order valence-corrected chi connectivity index (χ4v) is 3.41. The Hall–Kier alpha value is -3.38. The molecular formula is C23H22ClN5O. The zero-order chi connectivity index (χ0) is 20.9. The number of halogens is 1. The number of benzene rings is 2. The van der Waals surface area contributed by atoms with Gasteiger partial charge in [-0.1, -0.05) is 72.3 Å². The van der Waals surface area contributed by atoms with Crippen molar-refractivity contribution in [2.75, 3.05) is 5.32 Å². The molecule has 0 saturated heterocycles. The minimum atomic E-state index is -0.322. The fraction of sp³-hybridized carbons (Fsp3) is 0.174. The Kier molecular flexibility index (Phi) is 5.95. The van der Waals surface area contributed by atoms with Gasteiger partial charge in [-0.15, -0.1) is 0 Å². The first-order chi connectivity index (χ1) is 14.6. The van der Waals surface area contributed by atoms with Gasteiger partial charge in [-0.2, -0.15) is 10.2 Å². The summed E-state index contributed by atoms with van der Waals surface area (Å²) in [6.07, 6.45) is 5.40. The van der Waals surface area contributed by atoms with E-state index in [9.17, 15) is 4.79 Å². The zero-order valence-electron chi connectivity index (χ0n) is 16.6. The number of aromatic nitrogens is 4. The van der Waals surface area contributed by atoms with Crippen molar-refractivity contribution in [2.24, 2.45) is 0 Å². The lowest BCUT2D eigenvalue weighted by Crippen LogP contribution is -2.25. The monoisotopic (exact) mass is 419 g/mol. The standard InChI is InChI=1S/C23H22ClN5O/c1-17(20-12-25-28(16-20)14-18-8-4-2-5-9-18)27-21-13-26-29(23(30)22(21)24)15-19-10-6-3-7-11-19/h2-13,16-17,27H,14-15H2,1H3. The molecule has 6 nitrogen and oxygen atoms in total. The van der Waals surface area contributed by atoms with E-state index in [1.807, 2.05) is 72.5 Å². The van der Waals surface area contributed by atoms with Gasteiger partial charge in [0.05, 0.1) is 37.2 Å². The van der Waals surface area contributed by atoms with E-state index in [1.54, 1.807) is 6.20 Å². The topological polar surface area (TPSA) is 64.7 Å². The van der Waals surface area contributed by atoms with Gasteiger partial charge < -0.3 is 5.32 Å². The molecular weight excluding hydrogens is 398 g/mol. The second-order valence-corrected chi connectivity index (χ2v) is 7.52. The number of hydrogen-bond donors (Lipinski definition) is 1. The van der Waals surface area contributed by atoms with E-state index in [-0.39, 0.29) is 16.6 Å². The van der Waals surface area contributed by atoms with Gasteiger partial charge in [-0.25, -0.2) is 4.68 Å². The summed E-state index contributed by atoms with van der Waals surface area (Å²) in [5, 5.41) is 12.1. The van der Waals surface area contributed by atoms with Crippen LogP contribution in [0.4, 0.5) is 5.69 Å². The van der Waals surface area contributed by atoms with E-state index < -0.39 is 0 Å². The van der Waals surface area contributed by atoms with Crippen molar-refractivity contribution in [1.29, 1.82) is 0 Å². The number of nitrogens with one attached hydrogen (secondary N) is 1. The molecule has 4 aromatic rings. The Morgan fingerprint density at radius 1 is 0.933 bits per heavy atom. The van der Waals surface area contributed by atoms with Crippen LogP contribution in [0.15, 0.2) is 84.0 Å². The van der Waals surface area contributed by atoms with E-state index >= 15 is 0 Å². The van der Waals surface area contributed by atoms with Crippen molar-refractivity contribution in [3.8, 4) is 0 Å². The lowest BCUT2D eigenvalue weighted by molar-refractivity contribution is 0.639. The summed E-state index contributed by atoms with van der Waals surface area (Å²) in [4.78, 5) is 12.6. The van der Waals surface area contributed by atoms with Gasteiger partial charge in [0.1, 0.15) is 5.02 Å². The van der Waals surface area contributed by atoms with E-state index in [0.29, 0.717) is 18.8 Å². The molecule has 152 valence electrons. The normalized spacial score (nSPS) is 11.9. The molecule has 1 unspecified atom stereocenters. The van der Waals surface area contributed by atoms with Crippen LogP contribution in [0.5, 0.6) is 0 Å². The van der Waals surface area contributed by atoms with Crippen molar-refractivity contribution >= 4 is 17.3 Å². The van der Waals surface area contributed by atoms with Crippen LogP contribution in [0, 0.1) is 0 Å². The number of rotatable bonds is 7. The van der Waals surface area contributed by atoms with Crippen molar-refractivity contribution in [3.05, 3.63) is 111 Å². The Labute approximate surface area is 179 Å². The molecule has 30 heavy (non-hydrogen) atoms. The van der Waals surface area contributed by atoms with Crippen LogP contribution in [0.2, 0.25) is 5.02 Å². The van der Waals surface area contributed by atoms with Crippen LogP contribution in [0.3, 0.4) is 0 Å². The van der Waals surface area contributed by atoms with Gasteiger partial charge in [0.25, 0.3) is 5.56 Å². The minimum Gasteiger partial charge on any atom is -0.376 e. The average Bonchev–Trinajstić information content (AvgIpc) is 3.23. The molecule has 0 aliphatic rings. The number of nitrogens with zero attached hydrogens (tertiary/aromatic N) is 4. The predicted octanol–water partition coefficient (Wildman–Crippen LogP) is 4.36. The molecule has 0 radical (unpaired) electrons. The highest BCUT2D eigenvalue weighted by atomic mass is 35.5. The lowest BCUT2D eigenvalue weighted by Gasteiger charge is -2.15. The first-order valence-corrected chi connectivity index (χ1v) is 10.1. The highest BCUT2D eigenvalue weighted by molar-refractivity contribution is 6.32. The summed E-state index contributed by atoms with van der Waals surface area (Å²) in [7, 11) is 0. The average molecular weight is 420 g/mol. The summed E-state index contributed by atoms with van der Waals surface area (Å²) in [6.45, 7) is 3.07. The van der Waals surface area contributed by atoms with Crippen molar-refractivity contribution in [1.82, 2.24) is 19.6 Å². The van der Waals surface area contributed by atoms with Crippen LogP contribution in [0.1, 0.15) is 29.7 Å². The molecule has 2 heterocycles. The van der Waals surface area contributed by atoms with Crippen LogP contribution in [0.25, 0.3) is 0 Å². The van der Waals surface area contributed by atoms with Crippen molar-refractivity contribution < 1.29 is 0 Å². The third-order valence-electron chi connectivity index (χ3n) is 4.87. The fourth-order valence-electron chi connectivity index (χ4n) is 3.21. The molecule has 1 atom stereocenters. The molecule has 0 aliphatic carbocycles. The summed E-state index contributed by atoms with van der Waals surface area (Å²) in [5.41, 5.74) is 3.35. The second kappa shape index (κ2) is 8.97. The zero-order valence-corrected chi connectivity index (χ0v) is 17.3. The van der Waals surface area contributed by atoms with E-state index in [4.69, 9.17) is 11.6 Å². The molecule has 2 aromatic carbocycles. The summed E-state index contributed by atoms with van der Waals surface area (Å²) in [6, 6.07) is 19.8. The quantitative estimate of drug-likeness (QED) is 0.483. The van der Waals surface area contributed by atoms with Gasteiger partial charge in [-0.05, 0) is 18.1 Å². The van der Waals surface area contributed by atoms with Crippen LogP contribution >= 0.6 is 11.6 Å². The molecule has 4 rings (SSSR count). The maximum absolute atomic E-state index is 12.6. The Morgan fingerprint density at radius 2 is 1.57 bits per heavy atom. The lowest BCUT2D eigenvalue weighted by atomic mass is 10.2. The first kappa shape index (κ1) is 19.9. The molecule has 0 fully saturated rings.